The molecule has 0 aliphatic heterocycles. The van der Waals surface area contributed by atoms with Gasteiger partial charge in [0.15, 0.2) is 17.3 Å². The molecule has 2 N–H and O–H groups in total. The van der Waals surface area contributed by atoms with E-state index >= 15 is 0 Å². The monoisotopic (exact) mass is 614 g/mol. The van der Waals surface area contributed by atoms with E-state index in [9.17, 15) is 27.5 Å². The lowest BCUT2D eigenvalue weighted by Crippen LogP contribution is -2.47. The molecule has 6 nitrogen and oxygen atoms in total. The van der Waals surface area contributed by atoms with Crippen molar-refractivity contribution in [2.24, 2.45) is 0 Å². The van der Waals surface area contributed by atoms with Gasteiger partial charge in [-0.05, 0) is 113 Å². The van der Waals surface area contributed by atoms with Crippen LogP contribution in [0.25, 0.3) is 11.3 Å². The van der Waals surface area contributed by atoms with E-state index in [0.29, 0.717) is 28.2 Å². The molecule has 2 aromatic carbocycles. The number of methoxy groups -OCH3 is 1. The van der Waals surface area contributed by atoms with Crippen LogP contribution in [0, 0.1) is 12.7 Å². The van der Waals surface area contributed by atoms with E-state index < -0.39 is 47.5 Å². The van der Waals surface area contributed by atoms with E-state index in [0.717, 1.165) is 32.1 Å². The fraction of sp³-hybridized carbons (Fsp3) is 0.471. The molecule has 0 amide bonds. The number of aromatic nitrogens is 1. The first-order valence-electron chi connectivity index (χ1n) is 14.9. The molecule has 2 aliphatic carbocycles. The number of nitrogens with one attached hydrogen (secondary N) is 1. The van der Waals surface area contributed by atoms with Crippen molar-refractivity contribution in [1.82, 2.24) is 10.3 Å². The van der Waals surface area contributed by atoms with Crippen molar-refractivity contribution in [1.29, 1.82) is 0 Å². The molecule has 2 aliphatic rings. The van der Waals surface area contributed by atoms with E-state index in [1.807, 2.05) is 13.8 Å². The first kappa shape index (κ1) is 31.9. The minimum absolute atomic E-state index is 0.0909. The Kier molecular flexibility index (Phi) is 8.79. The summed E-state index contributed by atoms with van der Waals surface area (Å²) in [6.45, 7) is 5.29. The highest BCUT2D eigenvalue weighted by atomic mass is 19.4. The summed E-state index contributed by atoms with van der Waals surface area (Å²) in [4.78, 5) is 17.5. The van der Waals surface area contributed by atoms with E-state index in [4.69, 9.17) is 9.47 Å². The third kappa shape index (κ3) is 6.76. The molecule has 3 aromatic rings. The van der Waals surface area contributed by atoms with Crippen LogP contribution in [-0.4, -0.2) is 41.3 Å². The number of aryl methyl sites for hydroxylation is 1. The smallest absolute Gasteiger partial charge is 0.422 e. The third-order valence-corrected chi connectivity index (χ3v) is 8.58. The van der Waals surface area contributed by atoms with Gasteiger partial charge in [0.05, 0.1) is 24.6 Å². The van der Waals surface area contributed by atoms with E-state index in [1.165, 1.54) is 43.5 Å². The Morgan fingerprint density at radius 1 is 1.02 bits per heavy atom. The predicted molar refractivity (Wildman–Crippen MR) is 158 cm³/mol. The Hall–Kier alpha value is -3.50. The number of pyridine rings is 1. The quantitative estimate of drug-likeness (QED) is 0.162. The van der Waals surface area contributed by atoms with Gasteiger partial charge < -0.3 is 19.9 Å². The maximum Gasteiger partial charge on any atom is 0.422 e. The van der Waals surface area contributed by atoms with Gasteiger partial charge in [0.25, 0.3) is 0 Å². The topological polar surface area (TPSA) is 80.7 Å². The van der Waals surface area contributed by atoms with Crippen LogP contribution in [0.5, 0.6) is 11.5 Å². The number of ether oxygens (including phenoxy) is 2. The molecular weight excluding hydrogens is 576 g/mol. The second kappa shape index (κ2) is 12.1. The lowest BCUT2D eigenvalue weighted by Gasteiger charge is -2.38. The summed E-state index contributed by atoms with van der Waals surface area (Å²) in [6, 6.07) is 11.8. The molecule has 0 radical (unpaired) electrons. The molecule has 5 rings (SSSR count). The van der Waals surface area contributed by atoms with E-state index in [-0.39, 0.29) is 23.4 Å². The standard InChI is InChI=1S/C34H38F4N2O4/c1-20-16-21(8-12-26(20)35)27-18-23(32(2,3)40-24-6-5-7-24)19-31(39-27)33(42,34(36,37)38)15-14-28(41)22-9-13-29(30(17-22)43-4)44-25-10-11-25/h8-9,12-13,16-19,24-25,40,42H,5-7,10-11,14-15H2,1-4H3. The SMILES string of the molecule is COc1cc(C(=O)CCC(O)(c2cc(C(C)(C)NC3CCC3)cc(-c3ccc(F)c(C)c3)n2)C(F)(F)F)ccc1OC1CC1. The highest BCUT2D eigenvalue weighted by molar-refractivity contribution is 5.96. The van der Waals surface area contributed by atoms with Gasteiger partial charge in [0, 0.05) is 29.1 Å². The Balaban J connectivity index is 1.50. The predicted octanol–water partition coefficient (Wildman–Crippen LogP) is 7.54. The van der Waals surface area contributed by atoms with Crippen LogP contribution in [0.2, 0.25) is 0 Å². The fourth-order valence-corrected chi connectivity index (χ4v) is 5.36. The van der Waals surface area contributed by atoms with Gasteiger partial charge in [-0.15, -0.1) is 0 Å². The van der Waals surface area contributed by atoms with Crippen LogP contribution < -0.4 is 14.8 Å². The summed E-state index contributed by atoms with van der Waals surface area (Å²) < 4.78 is 69.6. The summed E-state index contributed by atoms with van der Waals surface area (Å²) in [5.41, 5.74) is -3.32. The van der Waals surface area contributed by atoms with Crippen LogP contribution in [-0.2, 0) is 11.1 Å². The number of hydrogen-bond donors (Lipinski definition) is 2. The Bertz CT molecular complexity index is 1530. The number of nitrogens with zero attached hydrogens (tertiary/aromatic N) is 1. The minimum Gasteiger partial charge on any atom is -0.493 e. The summed E-state index contributed by atoms with van der Waals surface area (Å²) >= 11 is 0. The number of Topliss-reactive ketones (excluding diaryl/α,β-unsaturated/α-hetero) is 1. The molecule has 1 aromatic heterocycles. The molecule has 0 bridgehead atoms. The number of ketones is 1. The van der Waals surface area contributed by atoms with Gasteiger partial charge >= 0.3 is 6.18 Å². The molecular formula is C34H38F4N2O4. The van der Waals surface area contributed by atoms with Gasteiger partial charge in [-0.25, -0.2) is 9.37 Å². The summed E-state index contributed by atoms with van der Waals surface area (Å²) in [5, 5.41) is 14.9. The number of carbonyl (C=O) groups is 1. The zero-order chi connectivity index (χ0) is 31.9. The maximum atomic E-state index is 14.8. The molecule has 0 saturated heterocycles. The number of halogens is 4. The van der Waals surface area contributed by atoms with Crippen molar-refractivity contribution in [3.05, 3.63) is 76.7 Å². The zero-order valence-electron chi connectivity index (χ0n) is 25.4. The fourth-order valence-electron chi connectivity index (χ4n) is 5.36. The highest BCUT2D eigenvalue weighted by Crippen LogP contribution is 2.44. The van der Waals surface area contributed by atoms with Crippen molar-refractivity contribution in [3.63, 3.8) is 0 Å². The van der Waals surface area contributed by atoms with Crippen LogP contribution in [0.15, 0.2) is 48.5 Å². The van der Waals surface area contributed by atoms with Crippen molar-refractivity contribution < 1.29 is 36.9 Å². The van der Waals surface area contributed by atoms with Gasteiger partial charge in [0.2, 0.25) is 5.60 Å². The Morgan fingerprint density at radius 3 is 2.34 bits per heavy atom. The Labute approximate surface area is 254 Å². The molecule has 44 heavy (non-hydrogen) atoms. The van der Waals surface area contributed by atoms with Crippen molar-refractivity contribution in [3.8, 4) is 22.8 Å². The molecule has 2 fully saturated rings. The minimum atomic E-state index is -5.15. The molecule has 0 spiro atoms. The van der Waals surface area contributed by atoms with Gasteiger partial charge in [-0.1, -0.05) is 6.42 Å². The van der Waals surface area contributed by atoms with Crippen LogP contribution in [0.1, 0.15) is 86.0 Å². The normalized spacial score (nSPS) is 17.1. The number of hydrogen-bond acceptors (Lipinski definition) is 6. The second-order valence-corrected chi connectivity index (χ2v) is 12.5. The maximum absolute atomic E-state index is 14.8. The number of aliphatic hydroxyl groups is 1. The average Bonchev–Trinajstić information content (AvgIpc) is 3.78. The Morgan fingerprint density at radius 2 is 1.75 bits per heavy atom. The average molecular weight is 615 g/mol. The first-order chi connectivity index (χ1) is 20.7. The molecule has 1 atom stereocenters. The van der Waals surface area contributed by atoms with E-state index in [1.54, 1.807) is 19.1 Å². The number of alkyl halides is 3. The summed E-state index contributed by atoms with van der Waals surface area (Å²) in [7, 11) is 1.42. The highest BCUT2D eigenvalue weighted by Gasteiger charge is 2.56. The number of carbonyl (C=O) groups excluding carboxylic acids is 1. The molecule has 1 heterocycles. The zero-order valence-corrected chi connectivity index (χ0v) is 25.4. The second-order valence-electron chi connectivity index (χ2n) is 12.5. The van der Waals surface area contributed by atoms with Gasteiger partial charge in [-0.3, -0.25) is 4.79 Å². The van der Waals surface area contributed by atoms with Crippen LogP contribution in [0.3, 0.4) is 0 Å². The van der Waals surface area contributed by atoms with Crippen molar-refractivity contribution >= 4 is 5.78 Å². The van der Waals surface area contributed by atoms with Gasteiger partial charge in [0.1, 0.15) is 5.82 Å². The first-order valence-corrected chi connectivity index (χ1v) is 14.9. The van der Waals surface area contributed by atoms with Crippen molar-refractivity contribution in [2.75, 3.05) is 7.11 Å². The largest absolute Gasteiger partial charge is 0.493 e. The molecule has 1 unspecified atom stereocenters. The van der Waals surface area contributed by atoms with Crippen LogP contribution >= 0.6 is 0 Å². The lowest BCUT2D eigenvalue weighted by atomic mass is 9.84. The molecule has 10 heteroatoms. The van der Waals surface area contributed by atoms with Crippen LogP contribution in [0.4, 0.5) is 17.6 Å². The summed E-state index contributed by atoms with van der Waals surface area (Å²) in [5.74, 6) is -0.280. The third-order valence-electron chi connectivity index (χ3n) is 8.58. The molecule has 236 valence electrons. The molecule has 2 saturated carbocycles. The number of benzene rings is 2. The number of rotatable bonds is 12. The van der Waals surface area contributed by atoms with Gasteiger partial charge in [-0.2, -0.15) is 13.2 Å². The van der Waals surface area contributed by atoms with E-state index in [2.05, 4.69) is 10.3 Å². The summed E-state index contributed by atoms with van der Waals surface area (Å²) in [6.07, 6.45) is -1.80. The lowest BCUT2D eigenvalue weighted by molar-refractivity contribution is -0.270. The van der Waals surface area contributed by atoms with Crippen molar-refractivity contribution in [2.45, 2.75) is 95.2 Å².